The third-order valence-corrected chi connectivity index (χ3v) is 5.34. The molecule has 0 spiro atoms. The first-order valence-corrected chi connectivity index (χ1v) is 11.6. The number of nitrogens with one attached hydrogen (secondary N) is 3. The van der Waals surface area contributed by atoms with Crippen molar-refractivity contribution in [2.75, 3.05) is 32.1 Å². The lowest BCUT2D eigenvalue weighted by atomic mass is 10.2. The lowest BCUT2D eigenvalue weighted by molar-refractivity contribution is -0.144. The Labute approximate surface area is 214 Å². The zero-order valence-corrected chi connectivity index (χ0v) is 20.7. The van der Waals surface area contributed by atoms with Gasteiger partial charge in [0.05, 0.1) is 12.6 Å². The van der Waals surface area contributed by atoms with Gasteiger partial charge in [-0.1, -0.05) is 42.5 Å². The number of carbonyl (C=O) groups is 4. The topological polar surface area (TPSA) is 142 Å². The molecule has 3 N–H and O–H groups in total. The standard InChI is InChI=1S/C25H30N6O6/c1-30(2)25(35)37-29-27-16-18-8-10-20(11-9-18)31-15-13-21(23(31)33)28-24(34)26-14-12-22(32)36-17-19-6-4-3-5-7-19/h3-11,16,21,29H,12-15,17H2,1-2H3,(H2,26,28,34)/t21-/m0/s1. The zero-order chi connectivity index (χ0) is 26.6. The molecule has 1 saturated heterocycles. The van der Waals surface area contributed by atoms with Crippen molar-refractivity contribution >= 4 is 35.9 Å². The highest BCUT2D eigenvalue weighted by molar-refractivity contribution is 6.01. The Morgan fingerprint density at radius 3 is 2.54 bits per heavy atom. The Balaban J connectivity index is 1.37. The van der Waals surface area contributed by atoms with E-state index in [1.165, 1.54) is 11.1 Å². The van der Waals surface area contributed by atoms with Crippen LogP contribution in [0.25, 0.3) is 0 Å². The van der Waals surface area contributed by atoms with Crippen molar-refractivity contribution in [2.24, 2.45) is 5.10 Å². The number of ether oxygens (including phenoxy) is 1. The van der Waals surface area contributed by atoms with Gasteiger partial charge < -0.3 is 30.0 Å². The maximum atomic E-state index is 12.8. The number of amides is 4. The van der Waals surface area contributed by atoms with Crippen LogP contribution in [0.4, 0.5) is 15.3 Å². The molecule has 12 heteroatoms. The first-order chi connectivity index (χ1) is 17.8. The quantitative estimate of drug-likeness (QED) is 0.251. The van der Waals surface area contributed by atoms with E-state index in [0.29, 0.717) is 18.7 Å². The summed E-state index contributed by atoms with van der Waals surface area (Å²) < 4.78 is 5.17. The fourth-order valence-electron chi connectivity index (χ4n) is 3.37. The van der Waals surface area contributed by atoms with E-state index in [4.69, 9.17) is 4.74 Å². The number of urea groups is 1. The van der Waals surface area contributed by atoms with E-state index >= 15 is 0 Å². The summed E-state index contributed by atoms with van der Waals surface area (Å²) in [6, 6.07) is 15.2. The normalized spacial score (nSPS) is 14.8. The molecule has 2 aromatic rings. The van der Waals surface area contributed by atoms with Crippen LogP contribution in [0.1, 0.15) is 24.0 Å². The molecule has 3 rings (SSSR count). The monoisotopic (exact) mass is 510 g/mol. The smallest absolute Gasteiger partial charge is 0.434 e. The molecule has 37 heavy (non-hydrogen) atoms. The number of esters is 1. The van der Waals surface area contributed by atoms with Crippen LogP contribution in [-0.4, -0.2) is 68.3 Å². The number of nitrogens with zero attached hydrogens (tertiary/aromatic N) is 3. The van der Waals surface area contributed by atoms with Gasteiger partial charge in [-0.05, 0) is 29.7 Å². The third kappa shape index (κ3) is 8.53. The van der Waals surface area contributed by atoms with E-state index < -0.39 is 24.1 Å². The largest absolute Gasteiger partial charge is 0.461 e. The van der Waals surface area contributed by atoms with Gasteiger partial charge in [0, 0.05) is 32.9 Å². The third-order valence-electron chi connectivity index (χ3n) is 5.34. The number of rotatable bonds is 10. The molecule has 1 aliphatic heterocycles. The molecule has 12 nitrogen and oxygen atoms in total. The highest BCUT2D eigenvalue weighted by atomic mass is 16.7. The van der Waals surface area contributed by atoms with E-state index in [9.17, 15) is 19.2 Å². The number of carbonyl (C=O) groups excluding carboxylic acids is 4. The Morgan fingerprint density at radius 2 is 1.84 bits per heavy atom. The van der Waals surface area contributed by atoms with Crippen LogP contribution >= 0.6 is 0 Å². The van der Waals surface area contributed by atoms with Crippen LogP contribution < -0.4 is 21.1 Å². The summed E-state index contributed by atoms with van der Waals surface area (Å²) in [6.45, 7) is 0.719. The molecule has 0 unspecified atom stereocenters. The summed E-state index contributed by atoms with van der Waals surface area (Å²) in [5.41, 5.74) is 4.48. The highest BCUT2D eigenvalue weighted by Crippen LogP contribution is 2.21. The van der Waals surface area contributed by atoms with Gasteiger partial charge in [0.25, 0.3) is 0 Å². The van der Waals surface area contributed by atoms with Gasteiger partial charge in [0.15, 0.2) is 0 Å². The fraction of sp³-hybridized carbons (Fsp3) is 0.320. The van der Waals surface area contributed by atoms with E-state index in [2.05, 4.69) is 26.2 Å². The Bertz CT molecular complexity index is 1110. The average Bonchev–Trinajstić information content (AvgIpc) is 3.25. The molecule has 1 heterocycles. The molecule has 0 aliphatic carbocycles. The molecule has 0 bridgehead atoms. The predicted octanol–water partition coefficient (Wildman–Crippen LogP) is 1.76. The van der Waals surface area contributed by atoms with Crippen molar-refractivity contribution in [3.05, 3.63) is 65.7 Å². The lowest BCUT2D eigenvalue weighted by Crippen LogP contribution is -2.46. The Hall–Kier alpha value is -4.61. The second-order valence-corrected chi connectivity index (χ2v) is 8.33. The van der Waals surface area contributed by atoms with E-state index in [0.717, 1.165) is 11.1 Å². The molecule has 2 aromatic carbocycles. The summed E-state index contributed by atoms with van der Waals surface area (Å²) in [5, 5.41) is 9.04. The number of benzene rings is 2. The maximum absolute atomic E-state index is 12.8. The highest BCUT2D eigenvalue weighted by Gasteiger charge is 2.33. The Morgan fingerprint density at radius 1 is 1.11 bits per heavy atom. The summed E-state index contributed by atoms with van der Waals surface area (Å²) in [7, 11) is 3.09. The molecular formula is C25H30N6O6. The van der Waals surface area contributed by atoms with E-state index in [-0.39, 0.29) is 25.5 Å². The summed E-state index contributed by atoms with van der Waals surface area (Å²) >= 11 is 0. The van der Waals surface area contributed by atoms with Crippen molar-refractivity contribution < 1.29 is 28.8 Å². The molecule has 1 aliphatic rings. The molecule has 0 saturated carbocycles. The number of hydrazone groups is 1. The molecule has 1 fully saturated rings. The minimum Gasteiger partial charge on any atom is -0.461 e. The molecule has 0 radical (unpaired) electrons. The maximum Gasteiger partial charge on any atom is 0.434 e. The molecule has 196 valence electrons. The summed E-state index contributed by atoms with van der Waals surface area (Å²) in [6.07, 6.45) is 1.35. The summed E-state index contributed by atoms with van der Waals surface area (Å²) in [4.78, 5) is 55.6. The van der Waals surface area contributed by atoms with Gasteiger partial charge in [-0.2, -0.15) is 5.10 Å². The fourth-order valence-corrected chi connectivity index (χ4v) is 3.37. The average molecular weight is 511 g/mol. The van der Waals surface area contributed by atoms with Gasteiger partial charge in [-0.3, -0.25) is 9.59 Å². The second kappa shape index (κ2) is 13.5. The molecule has 1 atom stereocenters. The van der Waals surface area contributed by atoms with Crippen LogP contribution in [0.3, 0.4) is 0 Å². The number of hydrogen-bond donors (Lipinski definition) is 3. The minimum atomic E-state index is -0.665. The van der Waals surface area contributed by atoms with Gasteiger partial charge in [-0.25, -0.2) is 9.59 Å². The van der Waals surface area contributed by atoms with Crippen LogP contribution in [0.15, 0.2) is 59.7 Å². The molecule has 4 amide bonds. The van der Waals surface area contributed by atoms with Crippen molar-refractivity contribution in [3.8, 4) is 0 Å². The van der Waals surface area contributed by atoms with Crippen LogP contribution in [0, 0.1) is 0 Å². The molecular weight excluding hydrogens is 480 g/mol. The van der Waals surface area contributed by atoms with Crippen molar-refractivity contribution in [1.82, 2.24) is 21.1 Å². The van der Waals surface area contributed by atoms with E-state index in [1.54, 1.807) is 43.3 Å². The van der Waals surface area contributed by atoms with Crippen LogP contribution in [-0.2, 0) is 25.8 Å². The summed E-state index contributed by atoms with van der Waals surface area (Å²) in [5.74, 6) is -0.651. The SMILES string of the molecule is CN(C)C(=O)ONN=Cc1ccc(N2CC[C@H](NC(=O)NCCC(=O)OCc3ccccc3)C2=O)cc1. The lowest BCUT2D eigenvalue weighted by Gasteiger charge is -2.17. The van der Waals surface area contributed by atoms with Gasteiger partial charge in [0.2, 0.25) is 5.91 Å². The van der Waals surface area contributed by atoms with Crippen LogP contribution in [0.2, 0.25) is 0 Å². The van der Waals surface area contributed by atoms with Gasteiger partial charge in [-0.15, -0.1) is 5.59 Å². The zero-order valence-electron chi connectivity index (χ0n) is 20.7. The Kier molecular flexibility index (Phi) is 9.82. The number of anilines is 1. The van der Waals surface area contributed by atoms with Crippen LogP contribution in [0.5, 0.6) is 0 Å². The second-order valence-electron chi connectivity index (χ2n) is 8.33. The predicted molar refractivity (Wildman–Crippen MR) is 135 cm³/mol. The minimum absolute atomic E-state index is 0.0221. The van der Waals surface area contributed by atoms with Crippen molar-refractivity contribution in [1.29, 1.82) is 0 Å². The first-order valence-electron chi connectivity index (χ1n) is 11.6. The van der Waals surface area contributed by atoms with E-state index in [1.807, 2.05) is 30.3 Å². The van der Waals surface area contributed by atoms with Gasteiger partial charge >= 0.3 is 18.1 Å². The van der Waals surface area contributed by atoms with Gasteiger partial charge in [0.1, 0.15) is 12.6 Å². The van der Waals surface area contributed by atoms with Crippen molar-refractivity contribution in [3.63, 3.8) is 0 Å². The number of hydrogen-bond acceptors (Lipinski definition) is 8. The molecule has 0 aromatic heterocycles. The first kappa shape index (κ1) is 27.0. The van der Waals surface area contributed by atoms with Crippen molar-refractivity contribution in [2.45, 2.75) is 25.5 Å².